The van der Waals surface area contributed by atoms with Crippen LogP contribution in [0.15, 0.2) is 18.2 Å². The van der Waals surface area contributed by atoms with E-state index >= 15 is 0 Å². The van der Waals surface area contributed by atoms with E-state index in [9.17, 15) is 19.7 Å². The minimum atomic E-state index is -0.563. The number of ether oxygens (including phenoxy) is 2. The highest BCUT2D eigenvalue weighted by atomic mass is 16.6. The molecule has 22 heavy (non-hydrogen) atoms. The van der Waals surface area contributed by atoms with Gasteiger partial charge in [-0.05, 0) is 18.4 Å². The number of nitrogens with one attached hydrogen (secondary N) is 1. The average molecular weight is 308 g/mol. The van der Waals surface area contributed by atoms with E-state index < -0.39 is 17.4 Å². The predicted molar refractivity (Wildman–Crippen MR) is 76.5 cm³/mol. The lowest BCUT2D eigenvalue weighted by atomic mass is 10.2. The molecule has 0 bridgehead atoms. The van der Waals surface area contributed by atoms with Crippen molar-refractivity contribution in [1.82, 2.24) is 0 Å². The van der Waals surface area contributed by atoms with Gasteiger partial charge in [0.25, 0.3) is 11.6 Å². The van der Waals surface area contributed by atoms with Gasteiger partial charge in [-0.25, -0.2) is 0 Å². The molecule has 8 nitrogen and oxygen atoms in total. The first-order valence-electron chi connectivity index (χ1n) is 6.71. The Balaban J connectivity index is 1.93. The van der Waals surface area contributed by atoms with E-state index in [1.165, 1.54) is 25.3 Å². The Morgan fingerprint density at radius 3 is 2.68 bits per heavy atom. The van der Waals surface area contributed by atoms with Gasteiger partial charge in [-0.3, -0.25) is 19.7 Å². The first-order valence-corrected chi connectivity index (χ1v) is 6.71. The lowest BCUT2D eigenvalue weighted by Crippen LogP contribution is -2.22. The summed E-state index contributed by atoms with van der Waals surface area (Å²) in [6.45, 7) is 1.54. The van der Waals surface area contributed by atoms with Crippen LogP contribution in [0.5, 0.6) is 5.75 Å². The molecule has 1 aliphatic carbocycles. The Labute approximate surface area is 126 Å². The molecule has 0 spiro atoms. The Kier molecular flexibility index (Phi) is 4.59. The second-order valence-corrected chi connectivity index (χ2v) is 5.12. The molecule has 0 saturated heterocycles. The zero-order chi connectivity index (χ0) is 16.3. The lowest BCUT2D eigenvalue weighted by molar-refractivity contribution is -0.384. The highest BCUT2D eigenvalue weighted by Gasteiger charge is 2.40. The van der Waals surface area contributed by atoms with E-state index in [0.717, 1.165) is 6.42 Å². The van der Waals surface area contributed by atoms with Crippen LogP contribution in [0.25, 0.3) is 0 Å². The van der Waals surface area contributed by atoms with Crippen LogP contribution in [0, 0.1) is 22.0 Å². The molecule has 0 aliphatic heterocycles. The van der Waals surface area contributed by atoms with E-state index in [4.69, 9.17) is 9.47 Å². The maximum Gasteiger partial charge on any atom is 0.309 e. The summed E-state index contributed by atoms with van der Waals surface area (Å²) in [6, 6.07) is 3.81. The normalized spacial score (nSPS) is 19.2. The van der Waals surface area contributed by atoms with Crippen LogP contribution in [0.3, 0.4) is 0 Å². The van der Waals surface area contributed by atoms with Gasteiger partial charge in [0.2, 0.25) is 0 Å². The fraction of sp³-hybridized carbons (Fsp3) is 0.429. The minimum absolute atomic E-state index is 0.110. The second kappa shape index (κ2) is 6.42. The number of nitro benzene ring substituents is 1. The Bertz CT molecular complexity index is 615. The van der Waals surface area contributed by atoms with Crippen LogP contribution < -0.4 is 10.1 Å². The predicted octanol–water partition coefficient (Wildman–Crippen LogP) is 1.74. The second-order valence-electron chi connectivity index (χ2n) is 5.12. The molecule has 8 heteroatoms. The summed E-state index contributed by atoms with van der Waals surface area (Å²) in [5.41, 5.74) is 0.123. The number of methoxy groups -OCH3 is 1. The summed E-state index contributed by atoms with van der Waals surface area (Å²) >= 11 is 0. The summed E-state index contributed by atoms with van der Waals surface area (Å²) in [7, 11) is 1.34. The quantitative estimate of drug-likeness (QED) is 0.487. The highest BCUT2D eigenvalue weighted by molar-refractivity contribution is 5.94. The number of hydrogen-bond donors (Lipinski definition) is 1. The van der Waals surface area contributed by atoms with Gasteiger partial charge in [-0.15, -0.1) is 0 Å². The molecular formula is C14H16N2O6. The van der Waals surface area contributed by atoms with Crippen molar-refractivity contribution in [2.75, 3.05) is 19.0 Å². The SMILES string of the molecule is COc1cc([N+](=O)[O-])ccc1NC(=O)COC(=O)[C@H]1C[C@H]1C. The number of hydrogen-bond acceptors (Lipinski definition) is 6. The van der Waals surface area contributed by atoms with Crippen LogP contribution >= 0.6 is 0 Å². The maximum atomic E-state index is 11.8. The number of rotatable bonds is 6. The Morgan fingerprint density at radius 2 is 2.14 bits per heavy atom. The number of anilines is 1. The number of nitrogens with zero attached hydrogens (tertiary/aromatic N) is 1. The van der Waals surface area contributed by atoms with Crippen LogP contribution in [0.2, 0.25) is 0 Å². The monoisotopic (exact) mass is 308 g/mol. The molecule has 0 unspecified atom stereocenters. The fourth-order valence-corrected chi connectivity index (χ4v) is 1.98. The molecule has 2 atom stereocenters. The summed E-state index contributed by atoms with van der Waals surface area (Å²) in [6.07, 6.45) is 0.788. The van der Waals surface area contributed by atoms with Crippen molar-refractivity contribution in [1.29, 1.82) is 0 Å². The molecular weight excluding hydrogens is 292 g/mol. The highest BCUT2D eigenvalue weighted by Crippen LogP contribution is 2.38. The standard InChI is InChI=1S/C14H16N2O6/c1-8-5-10(8)14(18)22-7-13(17)15-11-4-3-9(16(19)20)6-12(11)21-2/h3-4,6,8,10H,5,7H2,1-2H3,(H,15,17)/t8-,10+/m1/s1. The lowest BCUT2D eigenvalue weighted by Gasteiger charge is -2.10. The van der Waals surface area contributed by atoms with Gasteiger partial charge in [-0.2, -0.15) is 0 Å². The average Bonchev–Trinajstić information content (AvgIpc) is 3.22. The molecule has 1 N–H and O–H groups in total. The van der Waals surface area contributed by atoms with Crippen LogP contribution in [-0.4, -0.2) is 30.5 Å². The van der Waals surface area contributed by atoms with Crippen LogP contribution in [-0.2, 0) is 14.3 Å². The Hall–Kier alpha value is -2.64. The van der Waals surface area contributed by atoms with Crippen molar-refractivity contribution in [3.8, 4) is 5.75 Å². The molecule has 1 saturated carbocycles. The summed E-state index contributed by atoms with van der Waals surface area (Å²) < 4.78 is 9.90. The molecule has 0 aromatic heterocycles. The number of carbonyl (C=O) groups excluding carboxylic acids is 2. The maximum absolute atomic E-state index is 11.8. The molecule has 2 rings (SSSR count). The molecule has 1 aromatic carbocycles. The van der Waals surface area contributed by atoms with E-state index in [-0.39, 0.29) is 29.0 Å². The number of non-ortho nitro benzene ring substituents is 1. The van der Waals surface area contributed by atoms with Crippen LogP contribution in [0.4, 0.5) is 11.4 Å². The number of carbonyl (C=O) groups is 2. The van der Waals surface area contributed by atoms with Gasteiger partial charge in [-0.1, -0.05) is 6.92 Å². The molecule has 1 amide bonds. The number of nitro groups is 1. The molecule has 0 heterocycles. The van der Waals surface area contributed by atoms with Crippen molar-refractivity contribution in [2.24, 2.45) is 11.8 Å². The largest absolute Gasteiger partial charge is 0.494 e. The molecule has 118 valence electrons. The van der Waals surface area contributed by atoms with Crippen molar-refractivity contribution in [3.63, 3.8) is 0 Å². The van der Waals surface area contributed by atoms with Gasteiger partial charge in [0.1, 0.15) is 5.75 Å². The van der Waals surface area contributed by atoms with E-state index in [1.54, 1.807) is 0 Å². The number of esters is 1. The smallest absolute Gasteiger partial charge is 0.309 e. The van der Waals surface area contributed by atoms with E-state index in [2.05, 4.69) is 5.32 Å². The van der Waals surface area contributed by atoms with E-state index in [1.807, 2.05) is 6.92 Å². The molecule has 0 radical (unpaired) electrons. The summed E-state index contributed by atoms with van der Waals surface area (Å²) in [5.74, 6) is -0.552. The Morgan fingerprint density at radius 1 is 1.45 bits per heavy atom. The van der Waals surface area contributed by atoms with Gasteiger partial charge >= 0.3 is 5.97 Å². The molecule has 1 aliphatic rings. The van der Waals surface area contributed by atoms with E-state index in [0.29, 0.717) is 5.92 Å². The van der Waals surface area contributed by atoms with Crippen molar-refractivity contribution < 1.29 is 24.0 Å². The summed E-state index contributed by atoms with van der Waals surface area (Å²) in [4.78, 5) is 33.4. The minimum Gasteiger partial charge on any atom is -0.494 e. The third-order valence-electron chi connectivity index (χ3n) is 3.43. The fourth-order valence-electron chi connectivity index (χ4n) is 1.98. The van der Waals surface area contributed by atoms with Crippen molar-refractivity contribution >= 4 is 23.3 Å². The zero-order valence-electron chi connectivity index (χ0n) is 12.2. The third-order valence-corrected chi connectivity index (χ3v) is 3.43. The molecule has 1 fully saturated rings. The zero-order valence-corrected chi connectivity index (χ0v) is 12.2. The van der Waals surface area contributed by atoms with Crippen molar-refractivity contribution in [3.05, 3.63) is 28.3 Å². The number of benzene rings is 1. The topological polar surface area (TPSA) is 108 Å². The first-order chi connectivity index (χ1) is 10.4. The number of amides is 1. The van der Waals surface area contributed by atoms with Gasteiger partial charge < -0.3 is 14.8 Å². The van der Waals surface area contributed by atoms with Crippen molar-refractivity contribution in [2.45, 2.75) is 13.3 Å². The van der Waals surface area contributed by atoms with Crippen LogP contribution in [0.1, 0.15) is 13.3 Å². The molecule has 1 aromatic rings. The first kappa shape index (κ1) is 15.7. The third kappa shape index (κ3) is 3.72. The summed E-state index contributed by atoms with van der Waals surface area (Å²) in [5, 5.41) is 13.2. The van der Waals surface area contributed by atoms with Gasteiger partial charge in [0, 0.05) is 6.07 Å². The van der Waals surface area contributed by atoms with Gasteiger partial charge in [0.15, 0.2) is 6.61 Å². The van der Waals surface area contributed by atoms with Gasteiger partial charge in [0.05, 0.1) is 29.7 Å².